The zero-order valence-corrected chi connectivity index (χ0v) is 37.7. The third-order valence-corrected chi connectivity index (χ3v) is 11.4. The molecular formula is C49H60N2O16. The molecule has 6 rings (SSSR count). The largest absolute Gasteiger partial charge is 0.460 e. The van der Waals surface area contributed by atoms with Crippen molar-refractivity contribution in [1.82, 2.24) is 10.6 Å². The predicted octanol–water partition coefficient (Wildman–Crippen LogP) is 1.52. The standard InChI is InChI=1S/C49H60N2O16/c1-28(54)39(45(60)50-33(26-52)21-22-38(55)66-48(2,3)4)51-44(59)30-24-35(43-36(25-30)65-49(67-43,31-16-7-5-8-17-31)32-18-9-6-10-19-32)63-46(61)34-20-12-11-14-29(34)15-13-23-62-47-42(58)41(57)40(56)37(27-53)64-47/h5-20,25,28,33,35-37,39-43,47,52-54,56-58H,21-24,26-27H2,1-4H3,(H,50,60)(H,51,59)/t28-,33-,35+,36+,37+,39+,40-,41-,42+,43-,47-/m0/s1. The summed E-state index contributed by atoms with van der Waals surface area (Å²) in [5, 5.41) is 66.1. The lowest BCUT2D eigenvalue weighted by Crippen LogP contribution is -2.59. The molecule has 0 saturated carbocycles. The molecule has 2 heterocycles. The SMILES string of the molecule is C[C@H](O)[C@@H](NC(=O)C1=C[C@H]2OC(c3ccccc3)(c3ccccc3)O[C@H]2[C@H](OC(=O)c2ccccc2C=CCO[C@H]2O[C@H](CO)[C@H](O)[C@H](O)[C@H]2O)C1)C(=O)N[C@H](CO)CCC(=O)OC(C)(C)C. The Morgan fingerprint density at radius 1 is 0.866 bits per heavy atom. The van der Waals surface area contributed by atoms with Crippen molar-refractivity contribution in [3.8, 4) is 0 Å². The van der Waals surface area contributed by atoms with Crippen LogP contribution >= 0.6 is 0 Å². The van der Waals surface area contributed by atoms with Gasteiger partial charge in [-0.3, -0.25) is 14.4 Å². The quantitative estimate of drug-likeness (QED) is 0.0841. The van der Waals surface area contributed by atoms with E-state index >= 15 is 0 Å². The topological polar surface area (TPSA) is 269 Å². The summed E-state index contributed by atoms with van der Waals surface area (Å²) in [4.78, 5) is 54.4. The van der Waals surface area contributed by atoms with Crippen LogP contribution < -0.4 is 10.6 Å². The van der Waals surface area contributed by atoms with E-state index in [2.05, 4.69) is 10.6 Å². The molecule has 0 radical (unpaired) electrons. The highest BCUT2D eigenvalue weighted by atomic mass is 16.8. The summed E-state index contributed by atoms with van der Waals surface area (Å²) in [7, 11) is 0. The molecule has 67 heavy (non-hydrogen) atoms. The second-order valence-corrected chi connectivity index (χ2v) is 17.6. The highest BCUT2D eigenvalue weighted by Crippen LogP contribution is 2.47. The number of carbonyl (C=O) groups excluding carboxylic acids is 4. The summed E-state index contributed by atoms with van der Waals surface area (Å²) < 4.78 is 36.2. The smallest absolute Gasteiger partial charge is 0.339 e. The Labute approximate surface area is 388 Å². The molecule has 18 nitrogen and oxygen atoms in total. The molecule has 3 aromatic rings. The lowest BCUT2D eigenvalue weighted by molar-refractivity contribution is -0.298. The first-order valence-electron chi connectivity index (χ1n) is 22.1. The van der Waals surface area contributed by atoms with Crippen LogP contribution in [0.2, 0.25) is 0 Å². The number of fused-ring (bicyclic) bond motifs is 1. The summed E-state index contributed by atoms with van der Waals surface area (Å²) in [6, 6.07) is 22.3. The average Bonchev–Trinajstić information content (AvgIpc) is 3.72. The fraction of sp³-hybridized carbons (Fsp3) is 0.469. The van der Waals surface area contributed by atoms with Gasteiger partial charge in [0.25, 0.3) is 0 Å². The van der Waals surface area contributed by atoms with Gasteiger partial charge in [-0.2, -0.15) is 0 Å². The Hall–Kier alpha value is -5.38. The van der Waals surface area contributed by atoms with Gasteiger partial charge in [0.15, 0.2) is 6.29 Å². The molecule has 8 N–H and O–H groups in total. The molecule has 18 heteroatoms. The minimum absolute atomic E-state index is 0.0235. The summed E-state index contributed by atoms with van der Waals surface area (Å²) in [6.07, 6.45) is -7.51. The highest BCUT2D eigenvalue weighted by molar-refractivity contribution is 5.98. The fourth-order valence-electron chi connectivity index (χ4n) is 7.98. The summed E-state index contributed by atoms with van der Waals surface area (Å²) in [5.41, 5.74) is 1.09. The van der Waals surface area contributed by atoms with E-state index in [4.69, 9.17) is 28.4 Å². The van der Waals surface area contributed by atoms with E-state index in [-0.39, 0.29) is 37.0 Å². The molecule has 2 saturated heterocycles. The summed E-state index contributed by atoms with van der Waals surface area (Å²) >= 11 is 0. The molecule has 0 aromatic heterocycles. The summed E-state index contributed by atoms with van der Waals surface area (Å²) in [6.45, 7) is 5.12. The number of nitrogens with one attached hydrogen (secondary N) is 2. The number of aliphatic hydroxyl groups excluding tert-OH is 6. The maximum absolute atomic E-state index is 14.2. The number of rotatable bonds is 18. The van der Waals surface area contributed by atoms with Crippen LogP contribution in [-0.4, -0.2) is 147 Å². The molecule has 11 atom stereocenters. The predicted molar refractivity (Wildman–Crippen MR) is 238 cm³/mol. The van der Waals surface area contributed by atoms with Crippen molar-refractivity contribution in [2.24, 2.45) is 0 Å². The molecule has 0 bridgehead atoms. The van der Waals surface area contributed by atoms with Gasteiger partial charge in [-0.1, -0.05) is 91.0 Å². The molecule has 2 amide bonds. The van der Waals surface area contributed by atoms with E-state index < -0.39 is 116 Å². The minimum Gasteiger partial charge on any atom is -0.460 e. The van der Waals surface area contributed by atoms with Gasteiger partial charge >= 0.3 is 11.9 Å². The average molecular weight is 933 g/mol. The first-order chi connectivity index (χ1) is 31.9. The Kier molecular flexibility index (Phi) is 17.2. The van der Waals surface area contributed by atoms with E-state index in [1.807, 2.05) is 60.7 Å². The Balaban J connectivity index is 1.23. The van der Waals surface area contributed by atoms with E-state index in [9.17, 15) is 49.8 Å². The summed E-state index contributed by atoms with van der Waals surface area (Å²) in [5.74, 6) is -4.44. The highest BCUT2D eigenvalue weighted by Gasteiger charge is 2.55. The fourth-order valence-corrected chi connectivity index (χ4v) is 7.98. The van der Waals surface area contributed by atoms with Crippen molar-refractivity contribution < 1.29 is 78.2 Å². The van der Waals surface area contributed by atoms with Crippen LogP contribution in [0.4, 0.5) is 0 Å². The zero-order chi connectivity index (χ0) is 48.5. The van der Waals surface area contributed by atoms with Crippen LogP contribution in [0.3, 0.4) is 0 Å². The normalized spacial score (nSPS) is 26.1. The van der Waals surface area contributed by atoms with E-state index in [1.54, 1.807) is 51.1 Å². The molecular weight excluding hydrogens is 873 g/mol. The van der Waals surface area contributed by atoms with E-state index in [0.717, 1.165) is 0 Å². The maximum atomic E-state index is 14.2. The zero-order valence-electron chi connectivity index (χ0n) is 37.7. The third-order valence-electron chi connectivity index (χ3n) is 11.4. The van der Waals surface area contributed by atoms with Gasteiger partial charge in [0.1, 0.15) is 54.4 Å². The number of aliphatic hydroxyl groups is 6. The van der Waals surface area contributed by atoms with Crippen molar-refractivity contribution in [3.05, 3.63) is 125 Å². The van der Waals surface area contributed by atoms with Gasteiger partial charge in [0, 0.05) is 29.5 Å². The van der Waals surface area contributed by atoms with Crippen LogP contribution in [0.1, 0.15) is 74.0 Å². The van der Waals surface area contributed by atoms with E-state index in [0.29, 0.717) is 16.7 Å². The van der Waals surface area contributed by atoms with Crippen molar-refractivity contribution in [2.45, 2.75) is 126 Å². The number of esters is 2. The molecule has 0 spiro atoms. The molecule has 2 fully saturated rings. The third kappa shape index (κ3) is 12.6. The van der Waals surface area contributed by atoms with Crippen molar-refractivity contribution >= 4 is 29.8 Å². The molecule has 1 aliphatic carbocycles. The minimum atomic E-state index is -1.62. The number of carbonyl (C=O) groups is 4. The molecule has 0 unspecified atom stereocenters. The Bertz CT molecular complexity index is 2170. The Morgan fingerprint density at radius 2 is 1.51 bits per heavy atom. The van der Waals surface area contributed by atoms with Crippen molar-refractivity contribution in [1.29, 1.82) is 0 Å². The number of ether oxygens (including phenoxy) is 6. The van der Waals surface area contributed by atoms with Crippen LogP contribution in [0.25, 0.3) is 6.08 Å². The van der Waals surface area contributed by atoms with Crippen LogP contribution in [0.15, 0.2) is 103 Å². The number of hydrogen-bond acceptors (Lipinski definition) is 16. The van der Waals surface area contributed by atoms with Crippen LogP contribution in [-0.2, 0) is 48.6 Å². The van der Waals surface area contributed by atoms with Crippen LogP contribution in [0.5, 0.6) is 0 Å². The van der Waals surface area contributed by atoms with Gasteiger partial charge in [0.05, 0.1) is 37.5 Å². The van der Waals surface area contributed by atoms with Gasteiger partial charge in [-0.05, 0) is 51.8 Å². The maximum Gasteiger partial charge on any atom is 0.339 e. The lowest BCUT2D eigenvalue weighted by Gasteiger charge is -2.39. The Morgan fingerprint density at radius 3 is 2.12 bits per heavy atom. The van der Waals surface area contributed by atoms with E-state index in [1.165, 1.54) is 19.1 Å². The second-order valence-electron chi connectivity index (χ2n) is 17.6. The van der Waals surface area contributed by atoms with Gasteiger partial charge in [0.2, 0.25) is 17.6 Å². The van der Waals surface area contributed by atoms with Crippen molar-refractivity contribution in [3.63, 3.8) is 0 Å². The first kappa shape index (κ1) is 51.0. The van der Waals surface area contributed by atoms with Gasteiger partial charge < -0.3 is 69.7 Å². The molecule has 3 aliphatic rings. The van der Waals surface area contributed by atoms with Gasteiger partial charge in [-0.15, -0.1) is 0 Å². The van der Waals surface area contributed by atoms with Crippen LogP contribution in [0, 0.1) is 0 Å². The molecule has 3 aromatic carbocycles. The first-order valence-corrected chi connectivity index (χ1v) is 22.1. The number of benzene rings is 3. The monoisotopic (exact) mass is 932 g/mol. The second kappa shape index (κ2) is 22.6. The van der Waals surface area contributed by atoms with Crippen molar-refractivity contribution in [2.75, 3.05) is 19.8 Å². The lowest BCUT2D eigenvalue weighted by atomic mass is 9.91. The number of amides is 2. The van der Waals surface area contributed by atoms with Gasteiger partial charge in [-0.25, -0.2) is 4.79 Å². The molecule has 2 aliphatic heterocycles. The number of hydrogen-bond donors (Lipinski definition) is 8. The molecule has 362 valence electrons.